The molecule has 3 aromatic rings. The second-order valence-electron chi connectivity index (χ2n) is 7.02. The van der Waals surface area contributed by atoms with Crippen LogP contribution in [0.25, 0.3) is 22.5 Å². The van der Waals surface area contributed by atoms with E-state index in [1.807, 2.05) is 24.3 Å². The smallest absolute Gasteiger partial charge is 0.412 e. The average Bonchev–Trinajstić information content (AvgIpc) is 3.26. The van der Waals surface area contributed by atoms with Crippen LogP contribution in [0.1, 0.15) is 26.7 Å². The number of aromatic nitrogens is 2. The van der Waals surface area contributed by atoms with Crippen LogP contribution in [0.4, 0.5) is 10.6 Å². The summed E-state index contributed by atoms with van der Waals surface area (Å²) in [4.78, 5) is 15.6. The van der Waals surface area contributed by atoms with Gasteiger partial charge >= 0.3 is 6.09 Å². The predicted molar refractivity (Wildman–Crippen MR) is 111 cm³/mol. The van der Waals surface area contributed by atoms with E-state index in [2.05, 4.69) is 34.0 Å². The molecule has 0 saturated heterocycles. The van der Waals surface area contributed by atoms with Gasteiger partial charge in [0.25, 0.3) is 0 Å². The van der Waals surface area contributed by atoms with Crippen molar-refractivity contribution < 1.29 is 18.8 Å². The van der Waals surface area contributed by atoms with Gasteiger partial charge in [0.15, 0.2) is 5.76 Å². The first kappa shape index (κ1) is 20.4. The van der Waals surface area contributed by atoms with Crippen LogP contribution < -0.4 is 10.1 Å². The van der Waals surface area contributed by atoms with Crippen LogP contribution in [0.15, 0.2) is 53.3 Å². The first-order valence-corrected chi connectivity index (χ1v) is 9.56. The van der Waals surface area contributed by atoms with Crippen molar-refractivity contribution in [1.82, 2.24) is 10.1 Å². The lowest BCUT2D eigenvalue weighted by atomic mass is 10.0. The Bertz CT molecular complexity index is 939. The molecule has 0 aliphatic heterocycles. The molecule has 0 bridgehead atoms. The maximum atomic E-state index is 11.4. The zero-order valence-corrected chi connectivity index (χ0v) is 16.8. The predicted octanol–water partition coefficient (Wildman–Crippen LogP) is 5.40. The lowest BCUT2D eigenvalue weighted by Crippen LogP contribution is -2.11. The van der Waals surface area contributed by atoms with Gasteiger partial charge in [-0.15, -0.1) is 0 Å². The molecule has 0 spiro atoms. The van der Waals surface area contributed by atoms with E-state index in [4.69, 9.17) is 9.26 Å². The fraction of sp³-hybridized carbons (Fsp3) is 0.318. The van der Waals surface area contributed by atoms with Gasteiger partial charge in [-0.25, -0.2) is 9.78 Å². The summed E-state index contributed by atoms with van der Waals surface area (Å²) >= 11 is 0. The molecule has 3 rings (SSSR count). The molecule has 0 radical (unpaired) electrons. The number of carbonyl (C=O) groups is 1. The normalized spacial score (nSPS) is 10.8. The maximum absolute atomic E-state index is 11.4. The minimum atomic E-state index is -0.567. The molecule has 1 N–H and O–H groups in total. The van der Waals surface area contributed by atoms with Crippen LogP contribution in [0.2, 0.25) is 0 Å². The van der Waals surface area contributed by atoms with E-state index in [1.165, 1.54) is 7.11 Å². The van der Waals surface area contributed by atoms with E-state index in [0.29, 0.717) is 24.1 Å². The Morgan fingerprint density at radius 2 is 1.97 bits per heavy atom. The number of hydrogen-bond donors (Lipinski definition) is 1. The minimum Gasteiger partial charge on any atom is -0.493 e. The number of carbonyl (C=O) groups excluding carboxylic acids is 1. The molecular weight excluding hydrogens is 370 g/mol. The number of ether oxygens (including phenoxy) is 2. The van der Waals surface area contributed by atoms with Crippen molar-refractivity contribution in [3.05, 3.63) is 48.8 Å². The van der Waals surface area contributed by atoms with Crippen LogP contribution in [-0.4, -0.2) is 30.0 Å². The van der Waals surface area contributed by atoms with Crippen molar-refractivity contribution in [2.45, 2.75) is 26.7 Å². The van der Waals surface area contributed by atoms with Gasteiger partial charge in [-0.3, -0.25) is 5.32 Å². The van der Waals surface area contributed by atoms with E-state index >= 15 is 0 Å². The summed E-state index contributed by atoms with van der Waals surface area (Å²) in [5.74, 6) is 2.43. The standard InChI is InChI=1S/C22H25N3O4/c1-15(2)5-4-12-28-19-7-6-16(13-18(19)20-9-11-24-29-20)17-8-10-23-21(14-17)25-22(26)27-3/h6-11,13-15H,4-5,12H2,1-3H3,(H,23,25,26). The van der Waals surface area contributed by atoms with Crippen LogP contribution in [0, 0.1) is 5.92 Å². The number of anilines is 1. The highest BCUT2D eigenvalue weighted by molar-refractivity contribution is 5.84. The highest BCUT2D eigenvalue weighted by Gasteiger charge is 2.13. The molecule has 2 aromatic heterocycles. The molecule has 7 nitrogen and oxygen atoms in total. The summed E-state index contributed by atoms with van der Waals surface area (Å²) in [7, 11) is 1.31. The number of methoxy groups -OCH3 is 1. The van der Waals surface area contributed by atoms with Gasteiger partial charge in [0.1, 0.15) is 11.6 Å². The second-order valence-corrected chi connectivity index (χ2v) is 7.02. The summed E-state index contributed by atoms with van der Waals surface area (Å²) < 4.78 is 16.0. The minimum absolute atomic E-state index is 0.407. The van der Waals surface area contributed by atoms with Crippen molar-refractivity contribution in [2.75, 3.05) is 19.0 Å². The molecule has 0 atom stereocenters. The Hall–Kier alpha value is -3.35. The number of hydrogen-bond acceptors (Lipinski definition) is 6. The summed E-state index contributed by atoms with van der Waals surface area (Å²) in [6, 6.07) is 11.3. The van der Waals surface area contributed by atoms with Gasteiger partial charge in [0.2, 0.25) is 0 Å². The van der Waals surface area contributed by atoms with E-state index in [9.17, 15) is 4.79 Å². The van der Waals surface area contributed by atoms with E-state index in [-0.39, 0.29) is 0 Å². The van der Waals surface area contributed by atoms with Gasteiger partial charge in [-0.1, -0.05) is 25.1 Å². The van der Waals surface area contributed by atoms with Crippen molar-refractivity contribution in [2.24, 2.45) is 5.92 Å². The topological polar surface area (TPSA) is 86.5 Å². The molecule has 0 fully saturated rings. The van der Waals surface area contributed by atoms with Gasteiger partial charge in [0, 0.05) is 12.3 Å². The third-order valence-electron chi connectivity index (χ3n) is 4.38. The highest BCUT2D eigenvalue weighted by Crippen LogP contribution is 2.35. The van der Waals surface area contributed by atoms with Gasteiger partial charge in [-0.2, -0.15) is 0 Å². The van der Waals surface area contributed by atoms with Crippen LogP contribution in [0.5, 0.6) is 5.75 Å². The number of amides is 1. The molecule has 0 unspecified atom stereocenters. The Labute approximate surface area is 170 Å². The molecule has 7 heteroatoms. The van der Waals surface area contributed by atoms with Crippen LogP contribution in [0.3, 0.4) is 0 Å². The van der Waals surface area contributed by atoms with E-state index < -0.39 is 6.09 Å². The molecule has 152 valence electrons. The number of pyridine rings is 1. The van der Waals surface area contributed by atoms with Crippen molar-refractivity contribution in [3.63, 3.8) is 0 Å². The molecule has 1 amide bonds. The summed E-state index contributed by atoms with van der Waals surface area (Å²) in [5, 5.41) is 6.39. The van der Waals surface area contributed by atoms with Crippen molar-refractivity contribution >= 4 is 11.9 Å². The summed E-state index contributed by atoms with van der Waals surface area (Å²) in [6.45, 7) is 5.04. The van der Waals surface area contributed by atoms with Gasteiger partial charge < -0.3 is 14.0 Å². The zero-order chi connectivity index (χ0) is 20.6. The van der Waals surface area contributed by atoms with Crippen molar-refractivity contribution in [3.8, 4) is 28.2 Å². The summed E-state index contributed by atoms with van der Waals surface area (Å²) in [5.41, 5.74) is 2.64. The SMILES string of the molecule is COC(=O)Nc1cc(-c2ccc(OCCCC(C)C)c(-c3ccno3)c2)ccn1. The second kappa shape index (κ2) is 9.73. The quantitative estimate of drug-likeness (QED) is 0.514. The Morgan fingerprint density at radius 1 is 1.14 bits per heavy atom. The number of nitrogens with one attached hydrogen (secondary N) is 1. The lowest BCUT2D eigenvalue weighted by Gasteiger charge is -2.13. The molecule has 1 aromatic carbocycles. The molecule has 0 aliphatic rings. The number of benzene rings is 1. The third kappa shape index (κ3) is 5.57. The molecule has 0 aliphatic carbocycles. The van der Waals surface area contributed by atoms with Crippen molar-refractivity contribution in [1.29, 1.82) is 0 Å². The summed E-state index contributed by atoms with van der Waals surface area (Å²) in [6.07, 6.45) is 4.77. The molecule has 0 saturated carbocycles. The van der Waals surface area contributed by atoms with E-state index in [1.54, 1.807) is 24.5 Å². The number of nitrogens with zero attached hydrogens (tertiary/aromatic N) is 2. The zero-order valence-electron chi connectivity index (χ0n) is 16.8. The fourth-order valence-corrected chi connectivity index (χ4v) is 2.89. The average molecular weight is 395 g/mol. The van der Waals surface area contributed by atoms with Gasteiger partial charge in [0.05, 0.1) is 25.5 Å². The monoisotopic (exact) mass is 395 g/mol. The first-order chi connectivity index (χ1) is 14.1. The van der Waals surface area contributed by atoms with E-state index in [0.717, 1.165) is 35.3 Å². The third-order valence-corrected chi connectivity index (χ3v) is 4.38. The lowest BCUT2D eigenvalue weighted by molar-refractivity contribution is 0.187. The Kier molecular flexibility index (Phi) is 6.84. The number of rotatable bonds is 8. The van der Waals surface area contributed by atoms with Crippen LogP contribution in [-0.2, 0) is 4.74 Å². The largest absolute Gasteiger partial charge is 0.493 e. The van der Waals surface area contributed by atoms with Gasteiger partial charge in [-0.05, 0) is 54.2 Å². The molecule has 2 heterocycles. The fourth-order valence-electron chi connectivity index (χ4n) is 2.89. The highest BCUT2D eigenvalue weighted by atomic mass is 16.5. The van der Waals surface area contributed by atoms with Crippen LogP contribution >= 0.6 is 0 Å². The Morgan fingerprint density at radius 3 is 2.69 bits per heavy atom. The molecular formula is C22H25N3O4. The first-order valence-electron chi connectivity index (χ1n) is 9.56. The maximum Gasteiger partial charge on any atom is 0.412 e. The molecule has 29 heavy (non-hydrogen) atoms. The Balaban J connectivity index is 1.86.